The SMILES string of the molecule is COc1cc(-c2cnc3cc(C(C)(O)Cn4cccn4)ccn23)cc(OC(F)F)c1C(=O)CC1CC1. The quantitative estimate of drug-likeness (QED) is 0.320. The van der Waals surface area contributed by atoms with Crippen molar-refractivity contribution in [2.75, 3.05) is 7.11 Å². The third-order valence-electron chi connectivity index (χ3n) is 6.41. The van der Waals surface area contributed by atoms with E-state index in [4.69, 9.17) is 9.47 Å². The number of aromatic nitrogens is 4. The Morgan fingerprint density at radius 1 is 1.25 bits per heavy atom. The number of fused-ring (bicyclic) bond motifs is 1. The van der Waals surface area contributed by atoms with E-state index in [9.17, 15) is 18.7 Å². The minimum atomic E-state index is -3.10. The van der Waals surface area contributed by atoms with Crippen LogP contribution in [-0.4, -0.2) is 43.8 Å². The van der Waals surface area contributed by atoms with Crippen LogP contribution in [0.4, 0.5) is 8.78 Å². The van der Waals surface area contributed by atoms with E-state index in [1.54, 1.807) is 65.1 Å². The van der Waals surface area contributed by atoms with E-state index in [-0.39, 0.29) is 41.7 Å². The molecule has 0 spiro atoms. The van der Waals surface area contributed by atoms with Crippen LogP contribution < -0.4 is 9.47 Å². The van der Waals surface area contributed by atoms with Crippen molar-refractivity contribution >= 4 is 11.4 Å². The lowest BCUT2D eigenvalue weighted by molar-refractivity contribution is -0.0502. The zero-order valence-electron chi connectivity index (χ0n) is 19.9. The molecule has 3 heterocycles. The van der Waals surface area contributed by atoms with Gasteiger partial charge in [0.25, 0.3) is 0 Å². The van der Waals surface area contributed by atoms with Gasteiger partial charge in [-0.2, -0.15) is 13.9 Å². The van der Waals surface area contributed by atoms with Gasteiger partial charge in [0.2, 0.25) is 0 Å². The van der Waals surface area contributed by atoms with Crippen molar-refractivity contribution < 1.29 is 28.2 Å². The molecule has 0 amide bonds. The second-order valence-electron chi connectivity index (χ2n) is 9.27. The predicted molar refractivity (Wildman–Crippen MR) is 127 cm³/mol. The van der Waals surface area contributed by atoms with Gasteiger partial charge >= 0.3 is 6.61 Å². The Balaban J connectivity index is 1.53. The van der Waals surface area contributed by atoms with Crippen molar-refractivity contribution in [3.05, 3.63) is 66.2 Å². The van der Waals surface area contributed by atoms with Crippen molar-refractivity contribution in [2.45, 2.75) is 44.9 Å². The number of ketones is 1. The summed E-state index contributed by atoms with van der Waals surface area (Å²) in [4.78, 5) is 17.3. The second-order valence-corrected chi connectivity index (χ2v) is 9.27. The number of hydrogen-bond donors (Lipinski definition) is 1. The Hall–Kier alpha value is -3.79. The number of rotatable bonds is 10. The highest BCUT2D eigenvalue weighted by molar-refractivity contribution is 6.02. The van der Waals surface area contributed by atoms with E-state index in [2.05, 4.69) is 10.1 Å². The lowest BCUT2D eigenvalue weighted by Gasteiger charge is -2.24. The average molecular weight is 497 g/mol. The molecule has 188 valence electrons. The summed E-state index contributed by atoms with van der Waals surface area (Å²) in [7, 11) is 1.39. The Morgan fingerprint density at radius 3 is 2.69 bits per heavy atom. The van der Waals surface area contributed by atoms with Gasteiger partial charge in [0.1, 0.15) is 28.3 Å². The Kier molecular flexibility index (Phi) is 6.21. The van der Waals surface area contributed by atoms with Gasteiger partial charge in [-0.15, -0.1) is 0 Å². The molecule has 1 fully saturated rings. The van der Waals surface area contributed by atoms with Gasteiger partial charge in [-0.1, -0.05) is 0 Å². The van der Waals surface area contributed by atoms with E-state index < -0.39 is 12.2 Å². The number of aliphatic hydroxyl groups is 1. The fourth-order valence-electron chi connectivity index (χ4n) is 4.38. The molecule has 5 rings (SSSR count). The molecule has 1 aliphatic rings. The zero-order chi connectivity index (χ0) is 25.4. The highest BCUT2D eigenvalue weighted by atomic mass is 19.3. The van der Waals surface area contributed by atoms with E-state index in [0.29, 0.717) is 22.5 Å². The molecule has 0 saturated heterocycles. The number of benzene rings is 1. The second kappa shape index (κ2) is 9.34. The van der Waals surface area contributed by atoms with Crippen LogP contribution >= 0.6 is 0 Å². The first-order chi connectivity index (χ1) is 17.2. The molecule has 1 N–H and O–H groups in total. The highest BCUT2D eigenvalue weighted by Crippen LogP contribution is 2.40. The van der Waals surface area contributed by atoms with Gasteiger partial charge in [-0.05, 0) is 61.6 Å². The summed E-state index contributed by atoms with van der Waals surface area (Å²) in [6.45, 7) is -1.15. The third kappa shape index (κ3) is 4.81. The molecule has 0 bridgehead atoms. The van der Waals surface area contributed by atoms with Crippen LogP contribution in [0.2, 0.25) is 0 Å². The number of carbonyl (C=O) groups is 1. The molecule has 36 heavy (non-hydrogen) atoms. The summed E-state index contributed by atoms with van der Waals surface area (Å²) in [6, 6.07) is 8.35. The first kappa shape index (κ1) is 23.9. The van der Waals surface area contributed by atoms with Crippen LogP contribution in [0.15, 0.2) is 55.1 Å². The lowest BCUT2D eigenvalue weighted by atomic mass is 9.97. The number of alkyl halides is 2. The molecule has 1 aliphatic carbocycles. The average Bonchev–Trinajstić information content (AvgIpc) is 3.31. The van der Waals surface area contributed by atoms with Gasteiger partial charge in [0.15, 0.2) is 5.78 Å². The lowest BCUT2D eigenvalue weighted by Crippen LogP contribution is -2.28. The Bertz CT molecular complexity index is 1390. The monoisotopic (exact) mass is 496 g/mol. The third-order valence-corrected chi connectivity index (χ3v) is 6.41. The zero-order valence-corrected chi connectivity index (χ0v) is 19.9. The van der Waals surface area contributed by atoms with Gasteiger partial charge in [0.05, 0.1) is 25.5 Å². The number of nitrogens with zero attached hydrogens (tertiary/aromatic N) is 4. The number of pyridine rings is 1. The highest BCUT2D eigenvalue weighted by Gasteiger charge is 2.30. The van der Waals surface area contributed by atoms with Gasteiger partial charge in [-0.25, -0.2) is 4.98 Å². The Labute approximate surface area is 206 Å². The minimum absolute atomic E-state index is 0.0271. The summed E-state index contributed by atoms with van der Waals surface area (Å²) in [6.07, 6.45) is 8.93. The van der Waals surface area contributed by atoms with Crippen LogP contribution in [0, 0.1) is 5.92 Å². The van der Waals surface area contributed by atoms with Crippen LogP contribution in [0.1, 0.15) is 42.1 Å². The standard InChI is InChI=1S/C26H26F2N4O4/c1-26(34,15-31-8-3-7-30-31)18-6-9-32-19(14-29-23(32)13-18)17-11-21(35-2)24(20(33)10-16-4-5-16)22(12-17)36-25(27)28/h3,6-9,11-14,16,25,34H,4-5,10,15H2,1-2H3. The van der Waals surface area contributed by atoms with Crippen molar-refractivity contribution in [1.29, 1.82) is 0 Å². The minimum Gasteiger partial charge on any atom is -0.496 e. The number of Topliss-reactive ketones (excluding diaryl/α,β-unsaturated/α-hetero) is 1. The number of halogens is 2. The summed E-state index contributed by atoms with van der Waals surface area (Å²) >= 11 is 0. The number of imidazole rings is 1. The summed E-state index contributed by atoms with van der Waals surface area (Å²) in [5, 5.41) is 15.2. The summed E-state index contributed by atoms with van der Waals surface area (Å²) in [5.74, 6) is -0.0558. The fraction of sp³-hybridized carbons (Fsp3) is 0.346. The topological polar surface area (TPSA) is 90.9 Å². The van der Waals surface area contributed by atoms with Crippen molar-refractivity contribution in [1.82, 2.24) is 19.2 Å². The van der Waals surface area contributed by atoms with Crippen molar-refractivity contribution in [2.24, 2.45) is 5.92 Å². The first-order valence-corrected chi connectivity index (χ1v) is 11.6. The maximum atomic E-state index is 13.3. The Morgan fingerprint density at radius 2 is 2.03 bits per heavy atom. The van der Waals surface area contributed by atoms with E-state index >= 15 is 0 Å². The largest absolute Gasteiger partial charge is 0.496 e. The van der Waals surface area contributed by atoms with Gasteiger partial charge in [-0.3, -0.25) is 13.9 Å². The number of methoxy groups -OCH3 is 1. The molecule has 0 radical (unpaired) electrons. The van der Waals surface area contributed by atoms with E-state index in [1.165, 1.54) is 13.2 Å². The maximum Gasteiger partial charge on any atom is 0.387 e. The van der Waals surface area contributed by atoms with Gasteiger partial charge < -0.3 is 14.6 Å². The fourth-order valence-corrected chi connectivity index (χ4v) is 4.38. The number of hydrogen-bond acceptors (Lipinski definition) is 6. The summed E-state index contributed by atoms with van der Waals surface area (Å²) < 4.78 is 40.2. The molecular formula is C26H26F2N4O4. The molecule has 3 aromatic heterocycles. The molecule has 8 nitrogen and oxygen atoms in total. The van der Waals surface area contributed by atoms with Crippen molar-refractivity contribution in [3.63, 3.8) is 0 Å². The maximum absolute atomic E-state index is 13.3. The van der Waals surface area contributed by atoms with E-state index in [1.807, 2.05) is 0 Å². The first-order valence-electron chi connectivity index (χ1n) is 11.6. The van der Waals surface area contributed by atoms with E-state index in [0.717, 1.165) is 12.8 Å². The van der Waals surface area contributed by atoms with Gasteiger partial charge in [0, 0.05) is 30.6 Å². The molecule has 4 aromatic rings. The predicted octanol–water partition coefficient (Wildman–Crippen LogP) is 4.70. The number of carbonyl (C=O) groups excluding carboxylic acids is 1. The molecule has 1 unspecified atom stereocenters. The molecular weight excluding hydrogens is 470 g/mol. The van der Waals surface area contributed by atoms with Crippen LogP contribution in [0.3, 0.4) is 0 Å². The normalized spacial score (nSPS) is 15.3. The molecule has 10 heteroatoms. The molecule has 1 atom stereocenters. The molecule has 1 aromatic carbocycles. The molecule has 1 saturated carbocycles. The van der Waals surface area contributed by atoms with Crippen LogP contribution in [0.5, 0.6) is 11.5 Å². The number of ether oxygens (including phenoxy) is 2. The molecule has 0 aliphatic heterocycles. The van der Waals surface area contributed by atoms with Crippen molar-refractivity contribution in [3.8, 4) is 22.8 Å². The van der Waals surface area contributed by atoms with Crippen LogP contribution in [-0.2, 0) is 12.1 Å². The van der Waals surface area contributed by atoms with Crippen LogP contribution in [0.25, 0.3) is 16.9 Å². The summed E-state index contributed by atoms with van der Waals surface area (Å²) in [5.41, 5.74) is 1.09. The smallest absolute Gasteiger partial charge is 0.387 e.